The zero-order valence-corrected chi connectivity index (χ0v) is 13.3. The van der Waals surface area contributed by atoms with Crippen molar-refractivity contribution in [3.05, 3.63) is 27.7 Å². The van der Waals surface area contributed by atoms with E-state index in [2.05, 4.69) is 25.4 Å². The van der Waals surface area contributed by atoms with Crippen LogP contribution in [-0.4, -0.2) is 26.7 Å². The molecular formula is C11H13BrClNO4S. The molecule has 0 heterocycles. The van der Waals surface area contributed by atoms with E-state index in [1.807, 2.05) is 0 Å². The molecule has 0 radical (unpaired) electrons. The average Bonchev–Trinajstić information content (AvgIpc) is 2.32. The number of anilines is 1. The first-order chi connectivity index (χ1) is 8.84. The summed E-state index contributed by atoms with van der Waals surface area (Å²) in [6.07, 6.45) is -0.200. The molecule has 106 valence electrons. The molecule has 0 unspecified atom stereocenters. The average molecular weight is 371 g/mol. The Hall–Kier alpha value is -0.790. The van der Waals surface area contributed by atoms with Gasteiger partial charge in [0.25, 0.3) is 0 Å². The number of benzene rings is 1. The smallest absolute Gasteiger partial charge is 0.306 e. The molecule has 0 aliphatic carbocycles. The summed E-state index contributed by atoms with van der Waals surface area (Å²) in [7, 11) is -3.64. The summed E-state index contributed by atoms with van der Waals surface area (Å²) in [6.45, 7) is 1.88. The van der Waals surface area contributed by atoms with Crippen LogP contribution in [-0.2, 0) is 19.6 Å². The number of sulfonamides is 1. The molecule has 0 bridgehead atoms. The third kappa shape index (κ3) is 5.80. The minimum absolute atomic E-state index is 0.200. The van der Waals surface area contributed by atoms with Gasteiger partial charge in [-0.3, -0.25) is 9.52 Å². The Balaban J connectivity index is 2.69. The summed E-state index contributed by atoms with van der Waals surface area (Å²) < 4.78 is 31.2. The first-order valence-corrected chi connectivity index (χ1v) is 8.27. The van der Waals surface area contributed by atoms with Gasteiger partial charge < -0.3 is 4.74 Å². The van der Waals surface area contributed by atoms with Gasteiger partial charge in [-0.1, -0.05) is 27.5 Å². The number of hydrogen-bond acceptors (Lipinski definition) is 4. The standard InChI is InChI=1S/C11H13BrClNO4S/c1-2-18-11(15)5-6-19(16,17)14-10-7-8(12)3-4-9(10)13/h3-4,7,14H,2,5-6H2,1H3. The van der Waals surface area contributed by atoms with Crippen LogP contribution in [0.5, 0.6) is 0 Å². The summed E-state index contributed by atoms with van der Waals surface area (Å²) >= 11 is 9.09. The Morgan fingerprint density at radius 2 is 2.16 bits per heavy atom. The lowest BCUT2D eigenvalue weighted by Gasteiger charge is -2.09. The molecule has 0 amide bonds. The van der Waals surface area contributed by atoms with Gasteiger partial charge in [0.15, 0.2) is 0 Å². The molecule has 1 rings (SSSR count). The van der Waals surface area contributed by atoms with Crippen molar-refractivity contribution < 1.29 is 17.9 Å². The van der Waals surface area contributed by atoms with Crippen molar-refractivity contribution in [1.82, 2.24) is 0 Å². The second kappa shape index (κ2) is 7.12. The molecular weight excluding hydrogens is 358 g/mol. The van der Waals surface area contributed by atoms with Crippen LogP contribution in [0.15, 0.2) is 22.7 Å². The fourth-order valence-corrected chi connectivity index (χ4v) is 2.87. The minimum Gasteiger partial charge on any atom is -0.466 e. The van der Waals surface area contributed by atoms with E-state index in [0.29, 0.717) is 4.47 Å². The van der Waals surface area contributed by atoms with Gasteiger partial charge in [-0.15, -0.1) is 0 Å². The van der Waals surface area contributed by atoms with Crippen LogP contribution in [0.4, 0.5) is 5.69 Å². The number of hydrogen-bond donors (Lipinski definition) is 1. The van der Waals surface area contributed by atoms with Gasteiger partial charge >= 0.3 is 5.97 Å². The monoisotopic (exact) mass is 369 g/mol. The largest absolute Gasteiger partial charge is 0.466 e. The maximum absolute atomic E-state index is 11.8. The topological polar surface area (TPSA) is 72.5 Å². The first-order valence-electron chi connectivity index (χ1n) is 5.45. The van der Waals surface area contributed by atoms with Crippen molar-refractivity contribution in [2.45, 2.75) is 13.3 Å². The second-order valence-corrected chi connectivity index (χ2v) is 6.76. The maximum Gasteiger partial charge on any atom is 0.306 e. The van der Waals surface area contributed by atoms with Crippen molar-refractivity contribution >= 4 is 49.2 Å². The molecule has 0 aliphatic heterocycles. The molecule has 0 saturated carbocycles. The van der Waals surface area contributed by atoms with Gasteiger partial charge in [-0.25, -0.2) is 8.42 Å². The van der Waals surface area contributed by atoms with Crippen LogP contribution in [0.2, 0.25) is 5.02 Å². The third-order valence-electron chi connectivity index (χ3n) is 2.07. The quantitative estimate of drug-likeness (QED) is 0.782. The number of carbonyl (C=O) groups is 1. The molecule has 1 N–H and O–H groups in total. The molecule has 1 aromatic rings. The van der Waals surface area contributed by atoms with Crippen molar-refractivity contribution in [2.75, 3.05) is 17.1 Å². The molecule has 0 saturated heterocycles. The lowest BCUT2D eigenvalue weighted by atomic mass is 10.3. The Bertz CT molecular complexity index is 562. The van der Waals surface area contributed by atoms with Crippen LogP contribution < -0.4 is 4.72 Å². The maximum atomic E-state index is 11.8. The lowest BCUT2D eigenvalue weighted by molar-refractivity contribution is -0.142. The zero-order chi connectivity index (χ0) is 14.5. The van der Waals surface area contributed by atoms with E-state index in [4.69, 9.17) is 11.6 Å². The summed E-state index contributed by atoms with van der Waals surface area (Å²) in [5.41, 5.74) is 0.264. The highest BCUT2D eigenvalue weighted by atomic mass is 79.9. The summed E-state index contributed by atoms with van der Waals surface area (Å²) in [5, 5.41) is 0.280. The van der Waals surface area contributed by atoms with E-state index in [1.54, 1.807) is 25.1 Å². The van der Waals surface area contributed by atoms with E-state index >= 15 is 0 Å². The van der Waals surface area contributed by atoms with Crippen LogP contribution in [0, 0.1) is 0 Å². The van der Waals surface area contributed by atoms with Gasteiger partial charge in [0.2, 0.25) is 10.0 Å². The SMILES string of the molecule is CCOC(=O)CCS(=O)(=O)Nc1cc(Br)ccc1Cl. The summed E-state index contributed by atoms with van der Waals surface area (Å²) in [6, 6.07) is 4.80. The highest BCUT2D eigenvalue weighted by molar-refractivity contribution is 9.10. The van der Waals surface area contributed by atoms with Crippen LogP contribution in [0.3, 0.4) is 0 Å². The molecule has 8 heteroatoms. The number of esters is 1. The fraction of sp³-hybridized carbons (Fsp3) is 0.364. The Labute approximate surface area is 125 Å². The number of carbonyl (C=O) groups excluding carboxylic acids is 1. The molecule has 19 heavy (non-hydrogen) atoms. The molecule has 0 fully saturated rings. The van der Waals surface area contributed by atoms with Crippen LogP contribution in [0.25, 0.3) is 0 Å². The van der Waals surface area contributed by atoms with Gasteiger partial charge in [-0.05, 0) is 25.1 Å². The Morgan fingerprint density at radius 3 is 2.79 bits per heavy atom. The van der Waals surface area contributed by atoms with Crippen molar-refractivity contribution in [3.8, 4) is 0 Å². The van der Waals surface area contributed by atoms with Gasteiger partial charge in [-0.2, -0.15) is 0 Å². The summed E-state index contributed by atoms with van der Waals surface area (Å²) in [5.74, 6) is -0.900. The highest BCUT2D eigenvalue weighted by Gasteiger charge is 2.15. The first kappa shape index (κ1) is 16.3. The number of halogens is 2. The molecule has 1 aromatic carbocycles. The number of rotatable bonds is 6. The van der Waals surface area contributed by atoms with Gasteiger partial charge in [0.1, 0.15) is 0 Å². The van der Waals surface area contributed by atoms with Gasteiger partial charge in [0.05, 0.1) is 29.5 Å². The number of ether oxygens (including phenoxy) is 1. The van der Waals surface area contributed by atoms with E-state index in [1.165, 1.54) is 0 Å². The predicted molar refractivity (Wildman–Crippen MR) is 77.8 cm³/mol. The lowest BCUT2D eigenvalue weighted by Crippen LogP contribution is -2.20. The molecule has 0 spiro atoms. The normalized spacial score (nSPS) is 11.1. The fourth-order valence-electron chi connectivity index (χ4n) is 1.25. The molecule has 5 nitrogen and oxygen atoms in total. The Morgan fingerprint density at radius 1 is 1.47 bits per heavy atom. The number of nitrogens with one attached hydrogen (secondary N) is 1. The Kier molecular flexibility index (Phi) is 6.09. The zero-order valence-electron chi connectivity index (χ0n) is 10.2. The molecule has 0 aromatic heterocycles. The molecule has 0 atom stereocenters. The second-order valence-electron chi connectivity index (χ2n) is 3.60. The highest BCUT2D eigenvalue weighted by Crippen LogP contribution is 2.26. The van der Waals surface area contributed by atoms with Crippen molar-refractivity contribution in [2.24, 2.45) is 0 Å². The third-order valence-corrected chi connectivity index (χ3v) is 4.17. The van der Waals surface area contributed by atoms with Crippen molar-refractivity contribution in [3.63, 3.8) is 0 Å². The van der Waals surface area contributed by atoms with E-state index in [9.17, 15) is 13.2 Å². The van der Waals surface area contributed by atoms with E-state index in [-0.39, 0.29) is 29.5 Å². The summed E-state index contributed by atoms with van der Waals surface area (Å²) in [4.78, 5) is 11.1. The van der Waals surface area contributed by atoms with Gasteiger partial charge in [0, 0.05) is 4.47 Å². The van der Waals surface area contributed by atoms with Crippen LogP contribution >= 0.6 is 27.5 Å². The van der Waals surface area contributed by atoms with E-state index in [0.717, 1.165) is 0 Å². The molecule has 0 aliphatic rings. The van der Waals surface area contributed by atoms with Crippen molar-refractivity contribution in [1.29, 1.82) is 0 Å². The van der Waals surface area contributed by atoms with E-state index < -0.39 is 16.0 Å². The van der Waals surface area contributed by atoms with Crippen LogP contribution in [0.1, 0.15) is 13.3 Å². The minimum atomic E-state index is -3.64. The predicted octanol–water partition coefficient (Wildman–Crippen LogP) is 2.80.